The van der Waals surface area contributed by atoms with Gasteiger partial charge in [-0.05, 0) is 12.0 Å². The lowest BCUT2D eigenvalue weighted by Crippen LogP contribution is -2.40. The summed E-state index contributed by atoms with van der Waals surface area (Å²) in [5, 5.41) is 10.7. The third kappa shape index (κ3) is 1.80. The van der Waals surface area contributed by atoms with Crippen LogP contribution in [-0.4, -0.2) is 11.5 Å². The molecule has 2 rings (SSSR count). The molecule has 1 aromatic rings. The minimum atomic E-state index is -0.359. The van der Waals surface area contributed by atoms with E-state index in [0.29, 0.717) is 0 Å². The highest BCUT2D eigenvalue weighted by atomic mass is 16.6. The molecule has 0 aromatic heterocycles. The minimum Gasteiger partial charge on any atom is -0.370 e. The van der Waals surface area contributed by atoms with E-state index in [0.717, 1.165) is 31.4 Å². The van der Waals surface area contributed by atoms with Gasteiger partial charge in [0.25, 0.3) is 5.69 Å². The predicted octanol–water partition coefficient (Wildman–Crippen LogP) is 3.01. The molecule has 1 heterocycles. The van der Waals surface area contributed by atoms with Crippen LogP contribution in [-0.2, 0) is 10.3 Å². The summed E-state index contributed by atoms with van der Waals surface area (Å²) in [5.74, 6) is 0. The molecular formula is C12H15NO3. The molecule has 0 saturated carbocycles. The van der Waals surface area contributed by atoms with Crippen molar-refractivity contribution >= 4 is 5.69 Å². The number of hydrogen-bond acceptors (Lipinski definition) is 3. The lowest BCUT2D eigenvalue weighted by Gasteiger charge is -2.42. The molecule has 1 aliphatic rings. The molecule has 0 bridgehead atoms. The van der Waals surface area contributed by atoms with Crippen molar-refractivity contribution < 1.29 is 9.66 Å². The van der Waals surface area contributed by atoms with E-state index in [1.54, 1.807) is 12.1 Å². The zero-order valence-electron chi connectivity index (χ0n) is 9.31. The first-order valence-corrected chi connectivity index (χ1v) is 5.57. The number of hydrogen-bond donors (Lipinski definition) is 0. The lowest BCUT2D eigenvalue weighted by atomic mass is 9.82. The van der Waals surface area contributed by atoms with Gasteiger partial charge in [-0.1, -0.05) is 25.5 Å². The van der Waals surface area contributed by atoms with Crippen molar-refractivity contribution in [3.05, 3.63) is 39.9 Å². The largest absolute Gasteiger partial charge is 0.370 e. The Bertz CT molecular complexity index is 399. The fourth-order valence-corrected chi connectivity index (χ4v) is 2.22. The average Bonchev–Trinajstić information content (AvgIpc) is 2.23. The summed E-state index contributed by atoms with van der Waals surface area (Å²) >= 11 is 0. The third-order valence-electron chi connectivity index (χ3n) is 3.12. The van der Waals surface area contributed by atoms with Crippen LogP contribution in [0.5, 0.6) is 0 Å². The quantitative estimate of drug-likeness (QED) is 0.580. The van der Waals surface area contributed by atoms with Crippen LogP contribution in [0.15, 0.2) is 24.3 Å². The van der Waals surface area contributed by atoms with Crippen LogP contribution >= 0.6 is 0 Å². The van der Waals surface area contributed by atoms with Crippen LogP contribution in [0.4, 0.5) is 5.69 Å². The van der Waals surface area contributed by atoms with E-state index < -0.39 is 0 Å². The number of non-ortho nitro benzene ring substituents is 1. The Labute approximate surface area is 94.4 Å². The first kappa shape index (κ1) is 11.1. The van der Waals surface area contributed by atoms with Crippen LogP contribution in [0.3, 0.4) is 0 Å². The fraction of sp³-hybridized carbons (Fsp3) is 0.500. The summed E-state index contributed by atoms with van der Waals surface area (Å²) in [4.78, 5) is 10.3. The maximum Gasteiger partial charge on any atom is 0.269 e. The van der Waals surface area contributed by atoms with Gasteiger partial charge in [-0.3, -0.25) is 10.1 Å². The van der Waals surface area contributed by atoms with E-state index >= 15 is 0 Å². The Morgan fingerprint density at radius 2 is 2.31 bits per heavy atom. The lowest BCUT2D eigenvalue weighted by molar-refractivity contribution is -0.385. The molecule has 4 nitrogen and oxygen atoms in total. The topological polar surface area (TPSA) is 52.4 Å². The first-order chi connectivity index (χ1) is 7.68. The standard InChI is InChI=1S/C12H15NO3/c1-2-6-12(7-8-16-12)10-4-3-5-11(9-10)13(14)15/h3-5,9H,2,6-8H2,1H3. The van der Waals surface area contributed by atoms with E-state index in [1.165, 1.54) is 6.07 Å². The number of nitro benzene ring substituents is 1. The minimum absolute atomic E-state index is 0.142. The molecule has 1 saturated heterocycles. The van der Waals surface area contributed by atoms with Crippen LogP contribution in [0.1, 0.15) is 31.7 Å². The Hall–Kier alpha value is -1.42. The van der Waals surface area contributed by atoms with Crippen molar-refractivity contribution in [2.75, 3.05) is 6.61 Å². The van der Waals surface area contributed by atoms with Crippen LogP contribution in [0, 0.1) is 10.1 Å². The zero-order chi connectivity index (χ0) is 11.6. The maximum absolute atomic E-state index is 10.7. The maximum atomic E-state index is 10.7. The van der Waals surface area contributed by atoms with Gasteiger partial charge in [0.05, 0.1) is 17.1 Å². The molecule has 0 radical (unpaired) electrons. The summed E-state index contributed by atoms with van der Waals surface area (Å²) in [6.45, 7) is 2.85. The number of ether oxygens (including phenoxy) is 1. The van der Waals surface area contributed by atoms with Crippen molar-refractivity contribution in [2.45, 2.75) is 31.8 Å². The highest BCUT2D eigenvalue weighted by Gasteiger charge is 2.39. The van der Waals surface area contributed by atoms with Crippen molar-refractivity contribution in [3.63, 3.8) is 0 Å². The van der Waals surface area contributed by atoms with E-state index in [4.69, 9.17) is 4.74 Å². The summed E-state index contributed by atoms with van der Waals surface area (Å²) in [5.41, 5.74) is 0.819. The second-order valence-electron chi connectivity index (χ2n) is 4.15. The Morgan fingerprint density at radius 3 is 2.81 bits per heavy atom. The SMILES string of the molecule is CCCC1(c2cccc([N+](=O)[O-])c2)CCO1. The van der Waals surface area contributed by atoms with Gasteiger partial charge in [-0.15, -0.1) is 0 Å². The van der Waals surface area contributed by atoms with Gasteiger partial charge in [0.1, 0.15) is 0 Å². The molecule has 0 N–H and O–H groups in total. The number of benzene rings is 1. The molecule has 1 unspecified atom stereocenters. The molecule has 16 heavy (non-hydrogen) atoms. The molecule has 4 heteroatoms. The molecule has 0 amide bonds. The first-order valence-electron chi connectivity index (χ1n) is 5.57. The summed E-state index contributed by atoms with van der Waals surface area (Å²) in [6.07, 6.45) is 2.90. The number of rotatable bonds is 4. The van der Waals surface area contributed by atoms with Crippen LogP contribution < -0.4 is 0 Å². The van der Waals surface area contributed by atoms with E-state index in [-0.39, 0.29) is 16.2 Å². The molecule has 1 atom stereocenters. The molecule has 1 fully saturated rings. The Kier molecular flexibility index (Phi) is 2.92. The second kappa shape index (κ2) is 4.22. The highest BCUT2D eigenvalue weighted by Crippen LogP contribution is 2.42. The van der Waals surface area contributed by atoms with Gasteiger partial charge < -0.3 is 4.74 Å². The van der Waals surface area contributed by atoms with Gasteiger partial charge in [-0.25, -0.2) is 0 Å². The normalized spacial score (nSPS) is 23.8. The van der Waals surface area contributed by atoms with Crippen molar-refractivity contribution in [3.8, 4) is 0 Å². The molecule has 1 aliphatic heterocycles. The van der Waals surface area contributed by atoms with Crippen molar-refractivity contribution in [2.24, 2.45) is 0 Å². The smallest absolute Gasteiger partial charge is 0.269 e. The number of nitrogens with zero attached hydrogens (tertiary/aromatic N) is 1. The second-order valence-corrected chi connectivity index (χ2v) is 4.15. The Morgan fingerprint density at radius 1 is 1.56 bits per heavy atom. The van der Waals surface area contributed by atoms with Crippen LogP contribution in [0.25, 0.3) is 0 Å². The third-order valence-corrected chi connectivity index (χ3v) is 3.12. The Balaban J connectivity index is 2.31. The molecule has 1 aromatic carbocycles. The van der Waals surface area contributed by atoms with Gasteiger partial charge in [0, 0.05) is 18.6 Å². The monoisotopic (exact) mass is 221 g/mol. The predicted molar refractivity (Wildman–Crippen MR) is 60.3 cm³/mol. The highest BCUT2D eigenvalue weighted by molar-refractivity contribution is 5.38. The number of nitro groups is 1. The summed E-state index contributed by atoms with van der Waals surface area (Å²) in [6, 6.07) is 6.80. The summed E-state index contributed by atoms with van der Waals surface area (Å²) in [7, 11) is 0. The van der Waals surface area contributed by atoms with Gasteiger partial charge in [0.2, 0.25) is 0 Å². The van der Waals surface area contributed by atoms with Gasteiger partial charge >= 0.3 is 0 Å². The summed E-state index contributed by atoms with van der Waals surface area (Å²) < 4.78 is 5.66. The van der Waals surface area contributed by atoms with Crippen molar-refractivity contribution in [1.29, 1.82) is 0 Å². The average molecular weight is 221 g/mol. The zero-order valence-corrected chi connectivity index (χ0v) is 9.31. The molecular weight excluding hydrogens is 206 g/mol. The van der Waals surface area contributed by atoms with Gasteiger partial charge in [0.15, 0.2) is 0 Å². The fourth-order valence-electron chi connectivity index (χ4n) is 2.22. The van der Waals surface area contributed by atoms with E-state index in [1.807, 2.05) is 6.07 Å². The van der Waals surface area contributed by atoms with Crippen molar-refractivity contribution in [1.82, 2.24) is 0 Å². The van der Waals surface area contributed by atoms with E-state index in [9.17, 15) is 10.1 Å². The van der Waals surface area contributed by atoms with Gasteiger partial charge in [-0.2, -0.15) is 0 Å². The van der Waals surface area contributed by atoms with E-state index in [2.05, 4.69) is 6.92 Å². The molecule has 86 valence electrons. The molecule has 0 aliphatic carbocycles. The molecule has 0 spiro atoms. The van der Waals surface area contributed by atoms with Crippen LogP contribution in [0.2, 0.25) is 0 Å².